The van der Waals surface area contributed by atoms with Crippen LogP contribution in [0.3, 0.4) is 0 Å². The van der Waals surface area contributed by atoms with Crippen molar-refractivity contribution < 1.29 is 0 Å². The zero-order chi connectivity index (χ0) is 13.7. The molecule has 3 atom stereocenters. The van der Waals surface area contributed by atoms with Gasteiger partial charge in [0.2, 0.25) is 0 Å². The first kappa shape index (κ1) is 13.4. The van der Waals surface area contributed by atoms with E-state index in [0.717, 1.165) is 18.4 Å². The average molecular weight is 382 g/mol. The monoisotopic (exact) mass is 382 g/mol. The van der Waals surface area contributed by atoms with Crippen LogP contribution in [0.1, 0.15) is 39.0 Å². The molecule has 0 aromatic carbocycles. The van der Waals surface area contributed by atoms with Crippen LogP contribution in [0, 0.1) is 5.92 Å². The predicted octanol–water partition coefficient (Wildman–Crippen LogP) is 3.76. The van der Waals surface area contributed by atoms with Crippen molar-refractivity contribution >= 4 is 22.6 Å². The molecule has 3 heteroatoms. The first-order valence-electron chi connectivity index (χ1n) is 8.04. The molecular weight excluding hydrogens is 359 g/mol. The van der Waals surface area contributed by atoms with Gasteiger partial charge in [-0.15, -0.1) is 0 Å². The maximum Gasteiger partial charge on any atom is 0.118 e. The number of fused-ring (bicyclic) bond motifs is 2. The Kier molecular flexibility index (Phi) is 3.26. The summed E-state index contributed by atoms with van der Waals surface area (Å²) in [6, 6.07) is 0.747. The first-order chi connectivity index (χ1) is 9.73. The largest absolute Gasteiger partial charge is 0.373 e. The van der Waals surface area contributed by atoms with Crippen LogP contribution >= 0.6 is 22.6 Å². The van der Waals surface area contributed by atoms with E-state index in [-0.39, 0.29) is 3.55 Å². The van der Waals surface area contributed by atoms with Gasteiger partial charge >= 0.3 is 0 Å². The number of halogens is 1. The van der Waals surface area contributed by atoms with E-state index < -0.39 is 0 Å². The van der Waals surface area contributed by atoms with Crippen molar-refractivity contribution in [2.45, 2.75) is 48.6 Å². The Labute approximate surface area is 135 Å². The molecular formula is C17H23IN2. The van der Waals surface area contributed by atoms with Gasteiger partial charge in [0.05, 0.1) is 0 Å². The number of piperidine rings is 1. The second-order valence-corrected chi connectivity index (χ2v) is 8.45. The minimum Gasteiger partial charge on any atom is -0.373 e. The number of rotatable bonds is 2. The summed E-state index contributed by atoms with van der Waals surface area (Å²) < 4.78 is 0.162. The third-order valence-corrected chi connectivity index (χ3v) is 6.70. The Bertz CT molecular complexity index is 517. The third kappa shape index (κ3) is 1.85. The lowest BCUT2D eigenvalue weighted by Crippen LogP contribution is -2.49. The van der Waals surface area contributed by atoms with Crippen molar-refractivity contribution in [2.75, 3.05) is 13.1 Å². The van der Waals surface area contributed by atoms with E-state index in [4.69, 9.17) is 0 Å². The molecule has 1 saturated heterocycles. The number of nitrogens with one attached hydrogen (secondary N) is 1. The summed E-state index contributed by atoms with van der Waals surface area (Å²) in [5.74, 6) is 0.771. The molecule has 0 spiro atoms. The molecule has 4 aliphatic rings. The number of alkyl halides is 1. The molecule has 108 valence electrons. The van der Waals surface area contributed by atoms with Crippen molar-refractivity contribution in [1.82, 2.24) is 10.2 Å². The minimum absolute atomic E-state index is 0.162. The molecule has 0 bridgehead atoms. The zero-order valence-corrected chi connectivity index (χ0v) is 14.3. The predicted molar refractivity (Wildman–Crippen MR) is 91.7 cm³/mol. The third-order valence-electron chi connectivity index (χ3n) is 5.41. The Balaban J connectivity index is 1.76. The summed E-state index contributed by atoms with van der Waals surface area (Å²) in [4.78, 5) is 2.76. The van der Waals surface area contributed by atoms with Crippen LogP contribution in [0.4, 0.5) is 0 Å². The maximum atomic E-state index is 3.66. The van der Waals surface area contributed by atoms with Crippen LogP contribution in [0.5, 0.6) is 0 Å². The number of hydrogen-bond acceptors (Lipinski definition) is 2. The lowest BCUT2D eigenvalue weighted by molar-refractivity contribution is 0.105. The molecule has 1 fully saturated rings. The minimum atomic E-state index is 0.162. The smallest absolute Gasteiger partial charge is 0.118 e. The number of nitrogens with zero attached hydrogens (tertiary/aromatic N) is 1. The number of hydrogen-bond donors (Lipinski definition) is 1. The van der Waals surface area contributed by atoms with E-state index in [1.54, 1.807) is 16.7 Å². The SMILES string of the molecule is CCCN1CCCC2C3=C4C(=CN[C@@]4(I)CC=C3)C[C@H]21. The highest BCUT2D eigenvalue weighted by Gasteiger charge is 2.47. The topological polar surface area (TPSA) is 15.3 Å². The molecule has 2 heterocycles. The van der Waals surface area contributed by atoms with Gasteiger partial charge in [0, 0.05) is 24.6 Å². The lowest BCUT2D eigenvalue weighted by atomic mass is 9.69. The quantitative estimate of drug-likeness (QED) is 0.445. The normalized spacial score (nSPS) is 39.2. The molecule has 1 N–H and O–H groups in total. The fourth-order valence-electron chi connectivity index (χ4n) is 4.63. The van der Waals surface area contributed by atoms with Gasteiger partial charge in [-0.1, -0.05) is 19.1 Å². The van der Waals surface area contributed by atoms with E-state index in [1.807, 2.05) is 0 Å². The van der Waals surface area contributed by atoms with Gasteiger partial charge < -0.3 is 5.32 Å². The molecule has 0 aromatic heterocycles. The van der Waals surface area contributed by atoms with Crippen LogP contribution in [0.2, 0.25) is 0 Å². The summed E-state index contributed by atoms with van der Waals surface area (Å²) >= 11 is 2.63. The summed E-state index contributed by atoms with van der Waals surface area (Å²) in [6.07, 6.45) is 13.6. The average Bonchev–Trinajstić information content (AvgIpc) is 2.79. The fourth-order valence-corrected chi connectivity index (χ4v) is 5.70. The van der Waals surface area contributed by atoms with Gasteiger partial charge in [-0.25, -0.2) is 0 Å². The Morgan fingerprint density at radius 3 is 3.25 bits per heavy atom. The summed E-state index contributed by atoms with van der Waals surface area (Å²) in [5, 5.41) is 3.66. The van der Waals surface area contributed by atoms with E-state index >= 15 is 0 Å². The van der Waals surface area contributed by atoms with E-state index in [9.17, 15) is 0 Å². The number of likely N-dealkylation sites (tertiary alicyclic amines) is 1. The lowest BCUT2D eigenvalue weighted by Gasteiger charge is -2.47. The summed E-state index contributed by atoms with van der Waals surface area (Å²) in [6.45, 7) is 4.88. The van der Waals surface area contributed by atoms with Gasteiger partial charge in [-0.05, 0) is 78.1 Å². The van der Waals surface area contributed by atoms with Crippen molar-refractivity contribution in [2.24, 2.45) is 5.92 Å². The Hall–Kier alpha value is -0.290. The van der Waals surface area contributed by atoms with Crippen molar-refractivity contribution in [3.63, 3.8) is 0 Å². The van der Waals surface area contributed by atoms with Crippen LogP contribution in [-0.4, -0.2) is 27.6 Å². The molecule has 0 radical (unpaired) electrons. The maximum absolute atomic E-state index is 3.66. The summed E-state index contributed by atoms with van der Waals surface area (Å²) in [7, 11) is 0. The van der Waals surface area contributed by atoms with Crippen LogP contribution in [0.25, 0.3) is 0 Å². The Morgan fingerprint density at radius 1 is 1.50 bits per heavy atom. The molecule has 0 amide bonds. The molecule has 2 aliphatic heterocycles. The van der Waals surface area contributed by atoms with Gasteiger partial charge in [0.15, 0.2) is 0 Å². The summed E-state index contributed by atoms with van der Waals surface area (Å²) in [5.41, 5.74) is 4.88. The second-order valence-electron chi connectivity index (χ2n) is 6.61. The zero-order valence-electron chi connectivity index (χ0n) is 12.2. The van der Waals surface area contributed by atoms with Gasteiger partial charge in [-0.3, -0.25) is 4.90 Å². The van der Waals surface area contributed by atoms with E-state index in [0.29, 0.717) is 0 Å². The molecule has 4 rings (SSSR count). The van der Waals surface area contributed by atoms with Crippen molar-refractivity contribution in [3.05, 3.63) is 35.1 Å². The van der Waals surface area contributed by atoms with Gasteiger partial charge in [0.25, 0.3) is 0 Å². The van der Waals surface area contributed by atoms with E-state index in [2.05, 4.69) is 58.1 Å². The number of allylic oxidation sites excluding steroid dienone is 1. The van der Waals surface area contributed by atoms with Crippen LogP contribution in [0.15, 0.2) is 35.1 Å². The van der Waals surface area contributed by atoms with E-state index in [1.165, 1.54) is 38.8 Å². The molecule has 2 aliphatic carbocycles. The Morgan fingerprint density at radius 2 is 2.40 bits per heavy atom. The van der Waals surface area contributed by atoms with Gasteiger partial charge in [0.1, 0.15) is 3.55 Å². The van der Waals surface area contributed by atoms with Crippen molar-refractivity contribution in [1.29, 1.82) is 0 Å². The highest BCUT2D eigenvalue weighted by Crippen LogP contribution is 2.52. The molecule has 0 aromatic rings. The van der Waals surface area contributed by atoms with Crippen LogP contribution in [-0.2, 0) is 0 Å². The second kappa shape index (κ2) is 4.87. The molecule has 2 nitrogen and oxygen atoms in total. The first-order valence-corrected chi connectivity index (χ1v) is 9.12. The molecule has 1 unspecified atom stereocenters. The highest BCUT2D eigenvalue weighted by molar-refractivity contribution is 14.1. The molecule has 0 saturated carbocycles. The molecule has 20 heavy (non-hydrogen) atoms. The standard InChI is InChI=1S/C17H23IN2/c1-2-8-20-9-4-6-13-14-5-3-7-17(18)16(14)12(11-19-17)10-15(13)20/h3,5,11,13,15,19H,2,4,6-10H2,1H3/t13?,15-,17+/m1/s1. The van der Waals surface area contributed by atoms with Gasteiger partial charge in [-0.2, -0.15) is 0 Å². The highest BCUT2D eigenvalue weighted by atomic mass is 127. The van der Waals surface area contributed by atoms with Crippen LogP contribution < -0.4 is 5.32 Å². The fraction of sp³-hybridized carbons (Fsp3) is 0.647. The van der Waals surface area contributed by atoms with Crippen molar-refractivity contribution in [3.8, 4) is 0 Å².